The minimum atomic E-state index is -0.726. The minimum Gasteiger partial charge on any atom is -0.481 e. The first-order valence-electron chi connectivity index (χ1n) is 6.68. The smallest absolute Gasteiger partial charge is 0.306 e. The van der Waals surface area contributed by atoms with Gasteiger partial charge in [-0.15, -0.1) is 0 Å². The monoisotopic (exact) mass is 281 g/mol. The maximum Gasteiger partial charge on any atom is 0.306 e. The number of nitrogens with one attached hydrogen (secondary N) is 1. The number of carboxylic acid groups (broad SMARTS) is 1. The molecule has 19 heavy (non-hydrogen) atoms. The van der Waals surface area contributed by atoms with E-state index in [0.717, 1.165) is 6.42 Å². The van der Waals surface area contributed by atoms with Crippen LogP contribution in [0, 0.1) is 11.8 Å². The van der Waals surface area contributed by atoms with Crippen molar-refractivity contribution >= 4 is 23.2 Å². The molecule has 1 aliphatic rings. The topological polar surface area (TPSA) is 66.4 Å². The lowest BCUT2D eigenvalue weighted by atomic mass is 9.81. The van der Waals surface area contributed by atoms with Gasteiger partial charge in [0.1, 0.15) is 0 Å². The van der Waals surface area contributed by atoms with E-state index in [1.807, 2.05) is 5.38 Å². The Bertz CT molecular complexity index is 422. The standard InChI is InChI=1S/C14H19NO3S/c16-13(15-7-5-10-6-8-19-9-10)11-1-3-12(4-2-11)14(17)18/h6,8-9,11-12H,1-5,7H2,(H,15,16)(H,17,18). The highest BCUT2D eigenvalue weighted by Crippen LogP contribution is 2.28. The first-order valence-corrected chi connectivity index (χ1v) is 7.62. The number of thiophene rings is 1. The molecule has 1 fully saturated rings. The largest absolute Gasteiger partial charge is 0.481 e. The van der Waals surface area contributed by atoms with Gasteiger partial charge in [0, 0.05) is 12.5 Å². The van der Waals surface area contributed by atoms with Crippen molar-refractivity contribution in [2.75, 3.05) is 6.54 Å². The summed E-state index contributed by atoms with van der Waals surface area (Å²) in [6.45, 7) is 0.661. The van der Waals surface area contributed by atoms with Crippen LogP contribution in [0.25, 0.3) is 0 Å². The molecule has 1 saturated carbocycles. The molecular weight excluding hydrogens is 262 g/mol. The fourth-order valence-corrected chi connectivity index (χ4v) is 3.21. The van der Waals surface area contributed by atoms with Gasteiger partial charge in [0.05, 0.1) is 5.92 Å². The molecule has 0 bridgehead atoms. The van der Waals surface area contributed by atoms with E-state index in [9.17, 15) is 9.59 Å². The highest BCUT2D eigenvalue weighted by Gasteiger charge is 2.29. The van der Waals surface area contributed by atoms with E-state index in [-0.39, 0.29) is 17.7 Å². The van der Waals surface area contributed by atoms with Crippen molar-refractivity contribution in [3.05, 3.63) is 22.4 Å². The van der Waals surface area contributed by atoms with Crippen molar-refractivity contribution in [1.29, 1.82) is 0 Å². The van der Waals surface area contributed by atoms with Crippen molar-refractivity contribution in [3.63, 3.8) is 0 Å². The number of carbonyl (C=O) groups excluding carboxylic acids is 1. The summed E-state index contributed by atoms with van der Waals surface area (Å²) in [7, 11) is 0. The Morgan fingerprint density at radius 3 is 2.53 bits per heavy atom. The van der Waals surface area contributed by atoms with Crippen LogP contribution in [0.2, 0.25) is 0 Å². The van der Waals surface area contributed by atoms with Crippen molar-refractivity contribution < 1.29 is 14.7 Å². The van der Waals surface area contributed by atoms with Crippen LogP contribution in [0.15, 0.2) is 16.8 Å². The molecule has 0 radical (unpaired) electrons. The Balaban J connectivity index is 1.68. The maximum atomic E-state index is 11.9. The molecule has 0 aromatic carbocycles. The summed E-state index contributed by atoms with van der Waals surface area (Å²) in [6.07, 6.45) is 3.50. The van der Waals surface area contributed by atoms with Gasteiger partial charge in [-0.05, 0) is 54.5 Å². The summed E-state index contributed by atoms with van der Waals surface area (Å²) < 4.78 is 0. The highest BCUT2D eigenvalue weighted by molar-refractivity contribution is 7.07. The van der Waals surface area contributed by atoms with Crippen LogP contribution >= 0.6 is 11.3 Å². The molecule has 0 spiro atoms. The summed E-state index contributed by atoms with van der Waals surface area (Å²) >= 11 is 1.66. The predicted molar refractivity (Wildman–Crippen MR) is 74.1 cm³/mol. The summed E-state index contributed by atoms with van der Waals surface area (Å²) in [5.74, 6) is -0.900. The van der Waals surface area contributed by atoms with Crippen LogP contribution in [-0.2, 0) is 16.0 Å². The molecule has 1 aromatic heterocycles. The van der Waals surface area contributed by atoms with Gasteiger partial charge in [0.25, 0.3) is 0 Å². The van der Waals surface area contributed by atoms with Gasteiger partial charge in [-0.2, -0.15) is 11.3 Å². The molecule has 1 amide bonds. The molecule has 1 heterocycles. The lowest BCUT2D eigenvalue weighted by Crippen LogP contribution is -2.35. The summed E-state index contributed by atoms with van der Waals surface area (Å²) in [4.78, 5) is 22.8. The van der Waals surface area contributed by atoms with Crippen LogP contribution in [0.1, 0.15) is 31.2 Å². The molecular formula is C14H19NO3S. The molecule has 0 aliphatic heterocycles. The highest BCUT2D eigenvalue weighted by atomic mass is 32.1. The van der Waals surface area contributed by atoms with Gasteiger partial charge in [0.2, 0.25) is 5.91 Å². The van der Waals surface area contributed by atoms with E-state index < -0.39 is 5.97 Å². The van der Waals surface area contributed by atoms with Crippen LogP contribution in [0.5, 0.6) is 0 Å². The van der Waals surface area contributed by atoms with Gasteiger partial charge < -0.3 is 10.4 Å². The second-order valence-electron chi connectivity index (χ2n) is 5.06. The van der Waals surface area contributed by atoms with Gasteiger partial charge in [-0.3, -0.25) is 9.59 Å². The van der Waals surface area contributed by atoms with Crippen LogP contribution in [0.4, 0.5) is 0 Å². The average molecular weight is 281 g/mol. The summed E-state index contributed by atoms with van der Waals surface area (Å²) in [5, 5.41) is 16.0. The first kappa shape index (κ1) is 14.1. The van der Waals surface area contributed by atoms with E-state index in [0.29, 0.717) is 32.2 Å². The molecule has 0 saturated heterocycles. The molecule has 2 N–H and O–H groups in total. The van der Waals surface area contributed by atoms with Crippen LogP contribution in [-0.4, -0.2) is 23.5 Å². The molecule has 104 valence electrons. The lowest BCUT2D eigenvalue weighted by molar-refractivity contribution is -0.144. The first-order chi connectivity index (χ1) is 9.16. The van der Waals surface area contributed by atoms with E-state index in [4.69, 9.17) is 5.11 Å². The average Bonchev–Trinajstić information content (AvgIpc) is 2.92. The molecule has 2 rings (SSSR count). The molecule has 0 unspecified atom stereocenters. The molecule has 1 aliphatic carbocycles. The summed E-state index contributed by atoms with van der Waals surface area (Å²) in [6, 6.07) is 2.06. The normalized spacial score (nSPS) is 22.9. The quantitative estimate of drug-likeness (QED) is 0.870. The zero-order valence-corrected chi connectivity index (χ0v) is 11.6. The number of carbonyl (C=O) groups is 2. The second kappa shape index (κ2) is 6.70. The van der Waals surface area contributed by atoms with E-state index in [2.05, 4.69) is 16.8 Å². The van der Waals surface area contributed by atoms with Crippen molar-refractivity contribution in [1.82, 2.24) is 5.32 Å². The number of rotatable bonds is 5. The molecule has 4 nitrogen and oxygen atoms in total. The zero-order chi connectivity index (χ0) is 13.7. The molecule has 0 atom stereocenters. The third kappa shape index (κ3) is 4.06. The number of aliphatic carboxylic acids is 1. The Labute approximate surface area is 116 Å². The fraction of sp³-hybridized carbons (Fsp3) is 0.571. The number of carboxylic acids is 1. The Hall–Kier alpha value is -1.36. The SMILES string of the molecule is O=C(O)C1CCC(C(=O)NCCc2ccsc2)CC1. The van der Waals surface area contributed by atoms with Crippen LogP contribution in [0.3, 0.4) is 0 Å². The predicted octanol–water partition coefficient (Wildman–Crippen LogP) is 2.30. The van der Waals surface area contributed by atoms with Crippen molar-refractivity contribution in [2.24, 2.45) is 11.8 Å². The number of hydrogen-bond acceptors (Lipinski definition) is 3. The molecule has 5 heteroatoms. The maximum absolute atomic E-state index is 11.9. The van der Waals surface area contributed by atoms with E-state index in [1.54, 1.807) is 11.3 Å². The van der Waals surface area contributed by atoms with E-state index >= 15 is 0 Å². The number of amides is 1. The summed E-state index contributed by atoms with van der Waals surface area (Å²) in [5.41, 5.74) is 1.25. The molecule has 1 aromatic rings. The zero-order valence-electron chi connectivity index (χ0n) is 10.8. The van der Waals surface area contributed by atoms with Crippen molar-refractivity contribution in [3.8, 4) is 0 Å². The van der Waals surface area contributed by atoms with Gasteiger partial charge in [-0.1, -0.05) is 0 Å². The van der Waals surface area contributed by atoms with Gasteiger partial charge in [0.15, 0.2) is 0 Å². The fourth-order valence-electron chi connectivity index (χ4n) is 2.51. The van der Waals surface area contributed by atoms with Crippen molar-refractivity contribution in [2.45, 2.75) is 32.1 Å². The Morgan fingerprint density at radius 1 is 1.26 bits per heavy atom. The van der Waals surface area contributed by atoms with Crippen LogP contribution < -0.4 is 5.32 Å². The lowest BCUT2D eigenvalue weighted by Gasteiger charge is -2.25. The van der Waals surface area contributed by atoms with E-state index in [1.165, 1.54) is 5.56 Å². The number of hydrogen-bond donors (Lipinski definition) is 2. The van der Waals surface area contributed by atoms with Gasteiger partial charge >= 0.3 is 5.97 Å². The Morgan fingerprint density at radius 2 is 1.95 bits per heavy atom. The third-order valence-corrected chi connectivity index (χ3v) is 4.47. The second-order valence-corrected chi connectivity index (χ2v) is 5.84. The van der Waals surface area contributed by atoms with Gasteiger partial charge in [-0.25, -0.2) is 0 Å². The third-order valence-electron chi connectivity index (χ3n) is 3.74. The Kier molecular flexibility index (Phi) is 4.96. The minimum absolute atomic E-state index is 0.00178.